The minimum Gasteiger partial charge on any atom is -0.492 e. The molecule has 4 nitrogen and oxygen atoms in total. The minimum atomic E-state index is -0.138. The van der Waals surface area contributed by atoms with Gasteiger partial charge in [-0.15, -0.1) is 0 Å². The number of halogens is 2. The van der Waals surface area contributed by atoms with Crippen LogP contribution in [0.2, 0.25) is 0 Å². The molecule has 110 valence electrons. The predicted molar refractivity (Wildman–Crippen MR) is 91.4 cm³/mol. The van der Waals surface area contributed by atoms with Crippen molar-refractivity contribution in [2.24, 2.45) is 0 Å². The lowest BCUT2D eigenvalue weighted by atomic mass is 10.2. The van der Waals surface area contributed by atoms with Gasteiger partial charge in [-0.1, -0.05) is 28.1 Å². The summed E-state index contributed by atoms with van der Waals surface area (Å²) in [6.45, 7) is 0.290. The molecule has 0 unspecified atom stereocenters. The number of nitrogen functional groups attached to an aromatic ring is 1. The second-order valence-electron chi connectivity index (χ2n) is 4.31. The van der Waals surface area contributed by atoms with Crippen molar-refractivity contribution in [3.63, 3.8) is 0 Å². The number of rotatable bonds is 5. The Kier molecular flexibility index (Phi) is 5.64. The summed E-state index contributed by atoms with van der Waals surface area (Å²) in [5, 5.41) is 2.76. The van der Waals surface area contributed by atoms with Crippen molar-refractivity contribution in [3.8, 4) is 5.75 Å². The topological polar surface area (TPSA) is 64.3 Å². The molecule has 0 atom stereocenters. The molecular weight excluding hydrogens is 400 g/mol. The van der Waals surface area contributed by atoms with Crippen LogP contribution in [0, 0.1) is 0 Å². The van der Waals surface area contributed by atoms with Crippen molar-refractivity contribution >= 4 is 49.1 Å². The van der Waals surface area contributed by atoms with Crippen LogP contribution in [0.5, 0.6) is 5.75 Å². The van der Waals surface area contributed by atoms with Crippen LogP contribution in [0.25, 0.3) is 0 Å². The van der Waals surface area contributed by atoms with Crippen molar-refractivity contribution in [1.82, 2.24) is 0 Å². The first-order valence-corrected chi connectivity index (χ1v) is 7.87. The molecule has 0 heterocycles. The normalized spacial score (nSPS) is 10.2. The van der Waals surface area contributed by atoms with Crippen molar-refractivity contribution in [2.45, 2.75) is 6.42 Å². The summed E-state index contributed by atoms with van der Waals surface area (Å²) < 4.78 is 7.37. The number of benzene rings is 2. The van der Waals surface area contributed by atoms with E-state index in [1.807, 2.05) is 30.3 Å². The first-order chi connectivity index (χ1) is 10.1. The lowest BCUT2D eigenvalue weighted by Crippen LogP contribution is -2.16. The van der Waals surface area contributed by atoms with Crippen LogP contribution < -0.4 is 15.8 Å². The van der Waals surface area contributed by atoms with Crippen molar-refractivity contribution in [3.05, 3.63) is 51.4 Å². The number of para-hydroxylation sites is 2. The number of nitrogens with two attached hydrogens (primary N) is 1. The van der Waals surface area contributed by atoms with Crippen LogP contribution in [0.3, 0.4) is 0 Å². The molecule has 0 saturated heterocycles. The fraction of sp³-hybridized carbons (Fsp3) is 0.133. The highest BCUT2D eigenvalue weighted by Crippen LogP contribution is 2.28. The smallest absolute Gasteiger partial charge is 0.227 e. The van der Waals surface area contributed by atoms with Gasteiger partial charge in [-0.3, -0.25) is 4.79 Å². The highest BCUT2D eigenvalue weighted by molar-refractivity contribution is 9.11. The van der Waals surface area contributed by atoms with E-state index in [4.69, 9.17) is 10.5 Å². The van der Waals surface area contributed by atoms with Crippen LogP contribution in [-0.4, -0.2) is 12.5 Å². The Hall–Kier alpha value is -1.53. The highest BCUT2D eigenvalue weighted by Gasteiger charge is 2.06. The first kappa shape index (κ1) is 15.9. The third kappa shape index (κ3) is 4.75. The molecule has 2 aromatic rings. The van der Waals surface area contributed by atoms with E-state index in [9.17, 15) is 4.79 Å². The van der Waals surface area contributed by atoms with Gasteiger partial charge in [-0.05, 0) is 46.3 Å². The molecule has 21 heavy (non-hydrogen) atoms. The summed E-state index contributed by atoms with van der Waals surface area (Å²) in [6.07, 6.45) is 0.247. The molecular formula is C15H14Br2N2O2. The predicted octanol–water partition coefficient (Wildman–Crippen LogP) is 4.20. The summed E-state index contributed by atoms with van der Waals surface area (Å²) in [5.41, 5.74) is 6.93. The number of carbonyl (C=O) groups excluding carboxylic acids is 1. The molecule has 6 heteroatoms. The lowest BCUT2D eigenvalue weighted by Gasteiger charge is -2.10. The molecule has 0 radical (unpaired) electrons. The van der Waals surface area contributed by atoms with Gasteiger partial charge >= 0.3 is 0 Å². The van der Waals surface area contributed by atoms with E-state index in [0.29, 0.717) is 23.7 Å². The maximum Gasteiger partial charge on any atom is 0.227 e. The van der Waals surface area contributed by atoms with Crippen molar-refractivity contribution in [2.75, 3.05) is 17.7 Å². The fourth-order valence-electron chi connectivity index (χ4n) is 1.67. The zero-order valence-corrected chi connectivity index (χ0v) is 14.3. The Morgan fingerprint density at radius 3 is 2.67 bits per heavy atom. The summed E-state index contributed by atoms with van der Waals surface area (Å²) in [4.78, 5) is 11.8. The van der Waals surface area contributed by atoms with Crippen molar-refractivity contribution in [1.29, 1.82) is 0 Å². The molecule has 0 spiro atoms. The van der Waals surface area contributed by atoms with Gasteiger partial charge in [0, 0.05) is 4.47 Å². The summed E-state index contributed by atoms with van der Waals surface area (Å²) in [7, 11) is 0. The van der Waals surface area contributed by atoms with Gasteiger partial charge < -0.3 is 15.8 Å². The van der Waals surface area contributed by atoms with Gasteiger partial charge in [0.15, 0.2) is 0 Å². The second kappa shape index (κ2) is 7.47. The van der Waals surface area contributed by atoms with E-state index in [2.05, 4.69) is 37.2 Å². The van der Waals surface area contributed by atoms with Gasteiger partial charge in [0.05, 0.1) is 28.9 Å². The fourth-order valence-corrected chi connectivity index (χ4v) is 2.83. The molecule has 2 aromatic carbocycles. The molecule has 1 amide bonds. The zero-order chi connectivity index (χ0) is 15.2. The van der Waals surface area contributed by atoms with E-state index < -0.39 is 0 Å². The van der Waals surface area contributed by atoms with Crippen LogP contribution >= 0.6 is 31.9 Å². The maximum atomic E-state index is 11.8. The SMILES string of the molecule is Nc1ccccc1NC(=O)CCOc1ccc(Br)cc1Br. The highest BCUT2D eigenvalue weighted by atomic mass is 79.9. The largest absolute Gasteiger partial charge is 0.492 e. The summed E-state index contributed by atoms with van der Waals surface area (Å²) >= 11 is 6.78. The van der Waals surface area contributed by atoms with Crippen molar-refractivity contribution < 1.29 is 9.53 Å². The number of carbonyl (C=O) groups is 1. The monoisotopic (exact) mass is 412 g/mol. The van der Waals surface area contributed by atoms with Gasteiger partial charge in [-0.2, -0.15) is 0 Å². The third-order valence-corrected chi connectivity index (χ3v) is 3.83. The average Bonchev–Trinajstić information content (AvgIpc) is 2.44. The number of ether oxygens (including phenoxy) is 1. The third-order valence-electron chi connectivity index (χ3n) is 2.72. The van der Waals surface area contributed by atoms with E-state index >= 15 is 0 Å². The average molecular weight is 414 g/mol. The second-order valence-corrected chi connectivity index (χ2v) is 6.08. The number of hydrogen-bond acceptors (Lipinski definition) is 3. The Labute approximate surface area is 139 Å². The zero-order valence-electron chi connectivity index (χ0n) is 11.1. The summed E-state index contributed by atoms with van der Waals surface area (Å²) in [5.74, 6) is 0.561. The molecule has 0 aliphatic rings. The molecule has 0 aliphatic heterocycles. The van der Waals surface area contributed by atoms with Crippen LogP contribution in [0.1, 0.15) is 6.42 Å². The molecule has 0 saturated carbocycles. The van der Waals surface area contributed by atoms with Crippen LogP contribution in [0.4, 0.5) is 11.4 Å². The molecule has 3 N–H and O–H groups in total. The van der Waals surface area contributed by atoms with Gasteiger partial charge in [0.25, 0.3) is 0 Å². The van der Waals surface area contributed by atoms with E-state index in [0.717, 1.165) is 8.95 Å². The minimum absolute atomic E-state index is 0.138. The summed E-state index contributed by atoms with van der Waals surface area (Å²) in [6, 6.07) is 12.7. The number of anilines is 2. The quantitative estimate of drug-likeness (QED) is 0.722. The Morgan fingerprint density at radius 2 is 1.95 bits per heavy atom. The maximum absolute atomic E-state index is 11.8. The molecule has 0 fully saturated rings. The Balaban J connectivity index is 1.83. The lowest BCUT2D eigenvalue weighted by molar-refractivity contribution is -0.116. The number of amides is 1. The molecule has 0 bridgehead atoms. The van der Waals surface area contributed by atoms with Gasteiger partial charge in [0.2, 0.25) is 5.91 Å². The van der Waals surface area contributed by atoms with Gasteiger partial charge in [-0.25, -0.2) is 0 Å². The Morgan fingerprint density at radius 1 is 1.19 bits per heavy atom. The van der Waals surface area contributed by atoms with Gasteiger partial charge in [0.1, 0.15) is 5.75 Å². The molecule has 2 rings (SSSR count). The first-order valence-electron chi connectivity index (χ1n) is 6.28. The van der Waals surface area contributed by atoms with E-state index in [-0.39, 0.29) is 12.3 Å². The van der Waals surface area contributed by atoms with Crippen LogP contribution in [0.15, 0.2) is 51.4 Å². The van der Waals surface area contributed by atoms with E-state index in [1.54, 1.807) is 12.1 Å². The number of hydrogen-bond donors (Lipinski definition) is 2. The molecule has 0 aliphatic carbocycles. The van der Waals surface area contributed by atoms with Crippen LogP contribution in [-0.2, 0) is 4.79 Å². The molecule has 0 aromatic heterocycles. The number of nitrogens with one attached hydrogen (secondary N) is 1. The standard InChI is InChI=1S/C15H14Br2N2O2/c16-10-5-6-14(11(17)9-10)21-8-7-15(20)19-13-4-2-1-3-12(13)18/h1-6,9H,7-8,18H2,(H,19,20). The Bertz CT molecular complexity index is 647. The van der Waals surface area contributed by atoms with E-state index in [1.165, 1.54) is 0 Å².